The van der Waals surface area contributed by atoms with Gasteiger partial charge in [-0.25, -0.2) is 0 Å². The van der Waals surface area contributed by atoms with E-state index in [-0.39, 0.29) is 5.91 Å². The normalized spacial score (nSPS) is 11.2. The number of aromatic nitrogens is 4. The van der Waals surface area contributed by atoms with Gasteiger partial charge in [-0.2, -0.15) is 4.52 Å². The molecule has 2 N–H and O–H groups in total. The Morgan fingerprint density at radius 2 is 1.80 bits per heavy atom. The van der Waals surface area contributed by atoms with Gasteiger partial charge >= 0.3 is 0 Å². The van der Waals surface area contributed by atoms with Crippen molar-refractivity contribution >= 4 is 17.4 Å². The Bertz CT molecular complexity index is 948. The molecule has 0 bridgehead atoms. The van der Waals surface area contributed by atoms with Crippen LogP contribution in [-0.4, -0.2) is 63.3 Å². The minimum atomic E-state index is -0.0904. The first-order chi connectivity index (χ1) is 14.6. The molecule has 8 heteroatoms. The van der Waals surface area contributed by atoms with Gasteiger partial charge < -0.3 is 15.5 Å². The number of hydrogen-bond acceptors (Lipinski definition) is 6. The quantitative estimate of drug-likeness (QED) is 0.473. The van der Waals surface area contributed by atoms with Crippen LogP contribution in [0.5, 0.6) is 0 Å². The fourth-order valence-corrected chi connectivity index (χ4v) is 3.24. The molecule has 1 aromatic carbocycles. The number of fused-ring (bicyclic) bond motifs is 1. The summed E-state index contributed by atoms with van der Waals surface area (Å²) in [7, 11) is 0. The maximum Gasteiger partial charge on any atom is 0.251 e. The molecule has 8 nitrogen and oxygen atoms in total. The van der Waals surface area contributed by atoms with Crippen molar-refractivity contribution in [2.24, 2.45) is 0 Å². The van der Waals surface area contributed by atoms with Crippen LogP contribution in [0.1, 0.15) is 42.0 Å². The van der Waals surface area contributed by atoms with Crippen LogP contribution < -0.4 is 10.6 Å². The summed E-state index contributed by atoms with van der Waals surface area (Å²) >= 11 is 0. The molecule has 0 atom stereocenters. The molecule has 0 aliphatic carbocycles. The Hall–Kier alpha value is -3.00. The summed E-state index contributed by atoms with van der Waals surface area (Å²) in [6.07, 6.45) is 1.61. The van der Waals surface area contributed by atoms with Crippen LogP contribution in [-0.2, 0) is 6.42 Å². The lowest BCUT2D eigenvalue weighted by molar-refractivity contribution is 0.0954. The molecule has 3 aromatic rings. The maximum absolute atomic E-state index is 12.3. The molecule has 30 heavy (non-hydrogen) atoms. The molecule has 160 valence electrons. The minimum Gasteiger partial charge on any atom is -0.369 e. The molecule has 2 aromatic heterocycles. The first-order valence-electron chi connectivity index (χ1n) is 10.6. The highest BCUT2D eigenvalue weighted by Crippen LogP contribution is 2.08. The van der Waals surface area contributed by atoms with Gasteiger partial charge in [-0.15, -0.1) is 15.3 Å². The average Bonchev–Trinajstić information content (AvgIpc) is 3.16. The Kier molecular flexibility index (Phi) is 7.73. The standard InChI is InChI=1S/C22H31N7O/c1-4-28(5-2)16-6-14-23-19-11-12-20-25-26-21(29(20)27-19)13-15-24-22(30)18-9-7-17(3)8-10-18/h7-12H,4-6,13-16H2,1-3H3,(H,23,27)(H,24,30). The second-order valence-electron chi connectivity index (χ2n) is 7.28. The molecular weight excluding hydrogens is 378 g/mol. The lowest BCUT2D eigenvalue weighted by Gasteiger charge is -2.17. The SMILES string of the molecule is CCN(CC)CCCNc1ccc2nnc(CCNC(=O)c3ccc(C)cc3)n2n1. The fourth-order valence-electron chi connectivity index (χ4n) is 3.24. The molecule has 0 radical (unpaired) electrons. The third kappa shape index (κ3) is 5.76. The Labute approximate surface area is 177 Å². The zero-order valence-electron chi connectivity index (χ0n) is 18.1. The average molecular weight is 410 g/mol. The summed E-state index contributed by atoms with van der Waals surface area (Å²) in [6.45, 7) is 10.9. The van der Waals surface area contributed by atoms with Crippen LogP contribution >= 0.6 is 0 Å². The summed E-state index contributed by atoms with van der Waals surface area (Å²) in [5.41, 5.74) is 2.48. The highest BCUT2D eigenvalue weighted by atomic mass is 16.1. The zero-order valence-corrected chi connectivity index (χ0v) is 18.1. The predicted molar refractivity (Wildman–Crippen MR) is 119 cm³/mol. The fraction of sp³-hybridized carbons (Fsp3) is 0.455. The van der Waals surface area contributed by atoms with Crippen molar-refractivity contribution in [3.05, 3.63) is 53.3 Å². The molecule has 0 fully saturated rings. The van der Waals surface area contributed by atoms with Crippen LogP contribution in [0.3, 0.4) is 0 Å². The molecule has 0 spiro atoms. The molecular formula is C22H31N7O. The van der Waals surface area contributed by atoms with Crippen molar-refractivity contribution in [3.8, 4) is 0 Å². The number of anilines is 1. The molecule has 0 aliphatic rings. The molecule has 3 rings (SSSR count). The van der Waals surface area contributed by atoms with E-state index in [1.165, 1.54) is 0 Å². The first-order valence-corrected chi connectivity index (χ1v) is 10.6. The van der Waals surface area contributed by atoms with Crippen molar-refractivity contribution < 1.29 is 4.79 Å². The van der Waals surface area contributed by atoms with Gasteiger partial charge in [0.2, 0.25) is 0 Å². The highest BCUT2D eigenvalue weighted by molar-refractivity contribution is 5.94. The number of benzene rings is 1. The number of nitrogens with one attached hydrogen (secondary N) is 2. The predicted octanol–water partition coefficient (Wildman–Crippen LogP) is 2.55. The zero-order chi connectivity index (χ0) is 21.3. The Morgan fingerprint density at radius 1 is 1.03 bits per heavy atom. The van der Waals surface area contributed by atoms with E-state index in [2.05, 4.69) is 44.7 Å². The summed E-state index contributed by atoms with van der Waals surface area (Å²) in [5, 5.41) is 19.3. The smallest absolute Gasteiger partial charge is 0.251 e. The summed E-state index contributed by atoms with van der Waals surface area (Å²) in [5.74, 6) is 1.43. The van der Waals surface area contributed by atoms with Crippen LogP contribution in [0.2, 0.25) is 0 Å². The third-order valence-electron chi connectivity index (χ3n) is 5.13. The van der Waals surface area contributed by atoms with Crippen LogP contribution in [0, 0.1) is 6.92 Å². The van der Waals surface area contributed by atoms with Crippen LogP contribution in [0.15, 0.2) is 36.4 Å². The topological polar surface area (TPSA) is 87.5 Å². The number of carbonyl (C=O) groups excluding carboxylic acids is 1. The van der Waals surface area contributed by atoms with Gasteiger partial charge in [0.05, 0.1) is 0 Å². The monoisotopic (exact) mass is 409 g/mol. The van der Waals surface area contributed by atoms with Crippen LogP contribution in [0.25, 0.3) is 5.65 Å². The van der Waals surface area contributed by atoms with E-state index in [9.17, 15) is 4.79 Å². The van der Waals surface area contributed by atoms with Gasteiger partial charge in [0.1, 0.15) is 5.82 Å². The van der Waals surface area contributed by atoms with E-state index >= 15 is 0 Å². The second kappa shape index (κ2) is 10.7. The van der Waals surface area contributed by atoms with Crippen molar-refractivity contribution in [1.29, 1.82) is 0 Å². The molecule has 1 amide bonds. The summed E-state index contributed by atoms with van der Waals surface area (Å²) in [6, 6.07) is 11.3. The third-order valence-corrected chi connectivity index (χ3v) is 5.13. The molecule has 0 aliphatic heterocycles. The number of hydrogen-bond donors (Lipinski definition) is 2. The van der Waals surface area contributed by atoms with E-state index in [1.807, 2.05) is 43.3 Å². The molecule has 2 heterocycles. The molecule has 0 unspecified atom stereocenters. The van der Waals surface area contributed by atoms with Crippen LogP contribution in [0.4, 0.5) is 5.82 Å². The first kappa shape index (κ1) is 21.7. The second-order valence-corrected chi connectivity index (χ2v) is 7.28. The van der Waals surface area contributed by atoms with E-state index in [0.717, 1.165) is 49.8 Å². The van der Waals surface area contributed by atoms with Gasteiger partial charge in [0.25, 0.3) is 5.91 Å². The minimum absolute atomic E-state index is 0.0904. The van der Waals surface area contributed by atoms with Gasteiger partial charge in [0, 0.05) is 25.1 Å². The lowest BCUT2D eigenvalue weighted by atomic mass is 10.1. The number of carbonyl (C=O) groups is 1. The largest absolute Gasteiger partial charge is 0.369 e. The Morgan fingerprint density at radius 3 is 2.53 bits per heavy atom. The number of aryl methyl sites for hydroxylation is 1. The van der Waals surface area contributed by atoms with Crippen molar-refractivity contribution in [2.45, 2.75) is 33.6 Å². The molecule has 0 saturated carbocycles. The van der Waals surface area contributed by atoms with Gasteiger partial charge in [0.15, 0.2) is 11.5 Å². The van der Waals surface area contributed by atoms with Gasteiger partial charge in [-0.05, 0) is 57.2 Å². The van der Waals surface area contributed by atoms with Crippen molar-refractivity contribution in [1.82, 2.24) is 30.0 Å². The number of rotatable bonds is 11. The number of nitrogens with zero attached hydrogens (tertiary/aromatic N) is 5. The lowest BCUT2D eigenvalue weighted by Crippen LogP contribution is -2.26. The van der Waals surface area contributed by atoms with E-state index in [1.54, 1.807) is 4.52 Å². The van der Waals surface area contributed by atoms with E-state index in [0.29, 0.717) is 24.2 Å². The Balaban J connectivity index is 1.53. The van der Waals surface area contributed by atoms with Gasteiger partial charge in [-0.1, -0.05) is 31.5 Å². The van der Waals surface area contributed by atoms with Crippen molar-refractivity contribution in [3.63, 3.8) is 0 Å². The van der Waals surface area contributed by atoms with Gasteiger partial charge in [-0.3, -0.25) is 4.79 Å². The van der Waals surface area contributed by atoms with Crippen molar-refractivity contribution in [2.75, 3.05) is 38.0 Å². The maximum atomic E-state index is 12.3. The van der Waals surface area contributed by atoms with E-state index in [4.69, 9.17) is 0 Å². The number of amides is 1. The highest BCUT2D eigenvalue weighted by Gasteiger charge is 2.10. The summed E-state index contributed by atoms with van der Waals surface area (Å²) < 4.78 is 1.74. The van der Waals surface area contributed by atoms with E-state index < -0.39 is 0 Å². The summed E-state index contributed by atoms with van der Waals surface area (Å²) in [4.78, 5) is 14.7. The molecule has 0 saturated heterocycles.